The number of nitro benzene ring substituents is 1. The van der Waals surface area contributed by atoms with E-state index in [0.717, 1.165) is 16.4 Å². The van der Waals surface area contributed by atoms with Crippen LogP contribution in [0.3, 0.4) is 0 Å². The molecule has 1 aliphatic rings. The van der Waals surface area contributed by atoms with E-state index in [1.807, 2.05) is 36.4 Å². The lowest BCUT2D eigenvalue weighted by atomic mass is 10.1. The molecule has 1 unspecified atom stereocenters. The molecule has 1 aliphatic heterocycles. The Morgan fingerprint density at radius 2 is 1.85 bits per heavy atom. The van der Waals surface area contributed by atoms with Crippen LogP contribution in [0.5, 0.6) is 0 Å². The molecule has 1 atom stereocenters. The molecular formula is C25H21N3O5. The van der Waals surface area contributed by atoms with Crippen LogP contribution in [-0.4, -0.2) is 34.2 Å². The number of benzene rings is 3. The fourth-order valence-corrected chi connectivity index (χ4v) is 4.47. The van der Waals surface area contributed by atoms with E-state index in [-0.39, 0.29) is 17.5 Å². The summed E-state index contributed by atoms with van der Waals surface area (Å²) in [5, 5.41) is 15.9. The Kier molecular flexibility index (Phi) is 5.05. The molecule has 3 aromatic carbocycles. The average molecular weight is 443 g/mol. The van der Waals surface area contributed by atoms with E-state index in [4.69, 9.17) is 4.42 Å². The van der Waals surface area contributed by atoms with Gasteiger partial charge in [-0.05, 0) is 50.1 Å². The van der Waals surface area contributed by atoms with Crippen LogP contribution in [0, 0.1) is 17.0 Å². The number of nitrogens with zero attached hydrogens (tertiary/aromatic N) is 2. The molecule has 1 N–H and O–H groups in total. The van der Waals surface area contributed by atoms with Crippen molar-refractivity contribution in [3.8, 4) is 0 Å². The minimum absolute atomic E-state index is 0.0387. The number of likely N-dealkylation sites (tertiary alicyclic amines) is 1. The lowest BCUT2D eigenvalue weighted by Crippen LogP contribution is -2.43. The molecular weight excluding hydrogens is 422 g/mol. The van der Waals surface area contributed by atoms with Crippen LogP contribution in [0.2, 0.25) is 0 Å². The SMILES string of the molecule is Cc1cc(C(=O)N2CCCC2C(=O)Nc2ccc3c(c2)oc2ccccc23)ccc1[N+](=O)[O-]. The number of para-hydroxylation sites is 1. The Morgan fingerprint density at radius 3 is 2.64 bits per heavy atom. The van der Waals surface area contributed by atoms with E-state index in [0.29, 0.717) is 41.8 Å². The summed E-state index contributed by atoms with van der Waals surface area (Å²) in [5.74, 6) is -0.576. The molecule has 1 fully saturated rings. The molecule has 0 spiro atoms. The number of fused-ring (bicyclic) bond motifs is 3. The third-order valence-electron chi connectivity index (χ3n) is 6.10. The van der Waals surface area contributed by atoms with Crippen molar-refractivity contribution in [1.29, 1.82) is 0 Å². The number of amides is 2. The van der Waals surface area contributed by atoms with Gasteiger partial charge in [-0.3, -0.25) is 19.7 Å². The number of nitro groups is 1. The van der Waals surface area contributed by atoms with Gasteiger partial charge < -0.3 is 14.6 Å². The molecule has 8 nitrogen and oxygen atoms in total. The summed E-state index contributed by atoms with van der Waals surface area (Å²) < 4.78 is 5.89. The third kappa shape index (κ3) is 3.69. The summed E-state index contributed by atoms with van der Waals surface area (Å²) in [6, 6.07) is 16.9. The molecule has 1 saturated heterocycles. The number of carbonyl (C=O) groups excluding carboxylic acids is 2. The van der Waals surface area contributed by atoms with Gasteiger partial charge >= 0.3 is 0 Å². The molecule has 8 heteroatoms. The highest BCUT2D eigenvalue weighted by Crippen LogP contribution is 2.31. The van der Waals surface area contributed by atoms with Crippen LogP contribution in [0.4, 0.5) is 11.4 Å². The van der Waals surface area contributed by atoms with E-state index in [2.05, 4.69) is 5.32 Å². The van der Waals surface area contributed by atoms with Gasteiger partial charge in [0.1, 0.15) is 17.2 Å². The summed E-state index contributed by atoms with van der Waals surface area (Å²) in [6.45, 7) is 2.05. The Balaban J connectivity index is 1.36. The molecule has 0 bridgehead atoms. The Morgan fingerprint density at radius 1 is 1.06 bits per heavy atom. The number of anilines is 1. The Labute approximate surface area is 188 Å². The van der Waals surface area contributed by atoms with Crippen molar-refractivity contribution in [2.24, 2.45) is 0 Å². The smallest absolute Gasteiger partial charge is 0.272 e. The van der Waals surface area contributed by atoms with Gasteiger partial charge in [-0.15, -0.1) is 0 Å². The number of carbonyl (C=O) groups is 2. The number of rotatable bonds is 4. The van der Waals surface area contributed by atoms with Gasteiger partial charge in [0.2, 0.25) is 5.91 Å². The lowest BCUT2D eigenvalue weighted by Gasteiger charge is -2.24. The molecule has 0 radical (unpaired) electrons. The lowest BCUT2D eigenvalue weighted by molar-refractivity contribution is -0.385. The van der Waals surface area contributed by atoms with Gasteiger partial charge in [-0.25, -0.2) is 0 Å². The summed E-state index contributed by atoms with van der Waals surface area (Å²) in [4.78, 5) is 38.3. The van der Waals surface area contributed by atoms with Crippen LogP contribution in [-0.2, 0) is 4.79 Å². The zero-order valence-corrected chi connectivity index (χ0v) is 17.9. The number of aryl methyl sites for hydroxylation is 1. The number of hydrogen-bond donors (Lipinski definition) is 1. The predicted molar refractivity (Wildman–Crippen MR) is 124 cm³/mol. The largest absolute Gasteiger partial charge is 0.456 e. The molecule has 5 rings (SSSR count). The van der Waals surface area contributed by atoms with E-state index in [9.17, 15) is 19.7 Å². The molecule has 166 valence electrons. The highest BCUT2D eigenvalue weighted by atomic mass is 16.6. The minimum atomic E-state index is -0.612. The van der Waals surface area contributed by atoms with Gasteiger partial charge in [0, 0.05) is 46.3 Å². The van der Waals surface area contributed by atoms with Crippen molar-refractivity contribution in [3.63, 3.8) is 0 Å². The zero-order valence-electron chi connectivity index (χ0n) is 17.9. The van der Waals surface area contributed by atoms with Crippen LogP contribution >= 0.6 is 0 Å². The van der Waals surface area contributed by atoms with Gasteiger partial charge in [-0.1, -0.05) is 18.2 Å². The van der Waals surface area contributed by atoms with Crippen molar-refractivity contribution in [3.05, 3.63) is 81.9 Å². The van der Waals surface area contributed by atoms with Crippen LogP contribution in [0.15, 0.2) is 65.1 Å². The maximum atomic E-state index is 13.1. The first-order valence-corrected chi connectivity index (χ1v) is 10.7. The van der Waals surface area contributed by atoms with Crippen molar-refractivity contribution in [2.45, 2.75) is 25.8 Å². The monoisotopic (exact) mass is 443 g/mol. The van der Waals surface area contributed by atoms with Crippen molar-refractivity contribution in [2.75, 3.05) is 11.9 Å². The van der Waals surface area contributed by atoms with Crippen LogP contribution in [0.1, 0.15) is 28.8 Å². The first-order chi connectivity index (χ1) is 15.9. The second kappa shape index (κ2) is 8.05. The summed E-state index contributed by atoms with van der Waals surface area (Å²) in [7, 11) is 0. The van der Waals surface area contributed by atoms with Gasteiger partial charge in [0.05, 0.1) is 4.92 Å². The molecule has 33 heavy (non-hydrogen) atoms. The highest BCUT2D eigenvalue weighted by molar-refractivity contribution is 6.07. The second-order valence-electron chi connectivity index (χ2n) is 8.21. The van der Waals surface area contributed by atoms with Gasteiger partial charge in [0.15, 0.2) is 0 Å². The van der Waals surface area contributed by atoms with E-state index >= 15 is 0 Å². The van der Waals surface area contributed by atoms with Crippen LogP contribution in [0.25, 0.3) is 21.9 Å². The van der Waals surface area contributed by atoms with Crippen molar-refractivity contribution in [1.82, 2.24) is 4.90 Å². The first-order valence-electron chi connectivity index (χ1n) is 10.7. The molecule has 0 saturated carbocycles. The van der Waals surface area contributed by atoms with Crippen molar-refractivity contribution >= 4 is 45.1 Å². The maximum Gasteiger partial charge on any atom is 0.272 e. The fraction of sp³-hybridized carbons (Fsp3) is 0.200. The molecule has 1 aromatic heterocycles. The van der Waals surface area contributed by atoms with E-state index < -0.39 is 11.0 Å². The summed E-state index contributed by atoms with van der Waals surface area (Å²) in [5.41, 5.74) is 2.75. The van der Waals surface area contributed by atoms with Crippen molar-refractivity contribution < 1.29 is 18.9 Å². The zero-order chi connectivity index (χ0) is 23.1. The number of nitrogens with one attached hydrogen (secondary N) is 1. The average Bonchev–Trinajstić information content (AvgIpc) is 3.43. The maximum absolute atomic E-state index is 13.1. The highest BCUT2D eigenvalue weighted by Gasteiger charge is 2.35. The second-order valence-corrected chi connectivity index (χ2v) is 8.21. The van der Waals surface area contributed by atoms with E-state index in [1.165, 1.54) is 23.1 Å². The first kappa shape index (κ1) is 20.7. The third-order valence-corrected chi connectivity index (χ3v) is 6.10. The quantitative estimate of drug-likeness (QED) is 0.351. The standard InChI is InChI=1S/C25H21N3O5/c1-15-13-16(8-11-20(15)28(31)32)25(30)27-12-4-6-21(27)24(29)26-17-9-10-19-18-5-2-3-7-22(18)33-23(19)14-17/h2-3,5,7-11,13-14,21H,4,6,12H2,1H3,(H,26,29). The predicted octanol–water partition coefficient (Wildman–Crippen LogP) is 5.05. The molecule has 2 amide bonds. The fourth-order valence-electron chi connectivity index (χ4n) is 4.47. The van der Waals surface area contributed by atoms with Crippen LogP contribution < -0.4 is 5.32 Å². The molecule has 2 heterocycles. The Bertz CT molecular complexity index is 1420. The summed E-state index contributed by atoms with van der Waals surface area (Å²) >= 11 is 0. The topological polar surface area (TPSA) is 106 Å². The molecule has 0 aliphatic carbocycles. The molecule has 4 aromatic rings. The number of furan rings is 1. The van der Waals surface area contributed by atoms with Gasteiger partial charge in [0.25, 0.3) is 11.6 Å². The Hall–Kier alpha value is -4.20. The number of hydrogen-bond acceptors (Lipinski definition) is 5. The van der Waals surface area contributed by atoms with Gasteiger partial charge in [-0.2, -0.15) is 0 Å². The normalized spacial score (nSPS) is 15.8. The summed E-state index contributed by atoms with van der Waals surface area (Å²) in [6.07, 6.45) is 1.26. The van der Waals surface area contributed by atoms with E-state index in [1.54, 1.807) is 13.0 Å². The minimum Gasteiger partial charge on any atom is -0.456 e.